The number of hydrogen-bond donors (Lipinski definition) is 0. The summed E-state index contributed by atoms with van der Waals surface area (Å²) in [6, 6.07) is 94.7. The Bertz CT molecular complexity index is 7190. The summed E-state index contributed by atoms with van der Waals surface area (Å²) in [5.41, 5.74) is 36.2. The van der Waals surface area contributed by atoms with E-state index in [9.17, 15) is 0 Å². The Labute approximate surface area is 573 Å². The van der Waals surface area contributed by atoms with Gasteiger partial charge >= 0.3 is 0 Å². The number of para-hydroxylation sites is 9. The Morgan fingerprint density at radius 2 is 0.580 bits per heavy atom. The van der Waals surface area contributed by atoms with Crippen molar-refractivity contribution in [3.8, 4) is 11.5 Å². The fraction of sp³-hybridized carbons (Fsp3) is 0.0455. The normalized spacial score (nSPS) is 14.7. The van der Waals surface area contributed by atoms with Crippen molar-refractivity contribution >= 4 is 246 Å². The van der Waals surface area contributed by atoms with Crippen molar-refractivity contribution in [1.82, 2.24) is 13.2 Å². The molecule has 6 aliphatic heterocycles. The van der Waals surface area contributed by atoms with E-state index < -0.39 is 0 Å². The average molecular weight is 1270 g/mol. The quantitative estimate of drug-likeness (QED) is 0.153. The summed E-state index contributed by atoms with van der Waals surface area (Å²) in [4.78, 5) is 13.0. The molecule has 9 nitrogen and oxygen atoms in total. The first-order valence-corrected chi connectivity index (χ1v) is 35.1. The molecule has 26 rings (SSSR count). The molecule has 12 heterocycles. The van der Waals surface area contributed by atoms with E-state index in [1.54, 1.807) is 0 Å². The molecule has 0 aliphatic carbocycles. The maximum absolute atomic E-state index is 7.52. The summed E-state index contributed by atoms with van der Waals surface area (Å²) in [5, 5.41) is 15.2. The third kappa shape index (κ3) is 5.55. The van der Waals surface area contributed by atoms with E-state index in [0.29, 0.717) is 0 Å². The maximum atomic E-state index is 7.52. The van der Waals surface area contributed by atoms with Gasteiger partial charge in [-0.2, -0.15) is 0 Å². The Balaban J connectivity index is 0.812. The standard InChI is InChI=1S/C88H53B3N8O/c1-92-68-44-66-55(89-53-32-14-22-40-65(53)96(46-24-6-5-7-25-46)87-75-51-30-12-20-38-63(51)98-61-36-18-10-28-49(61)73(81(75)98)85(78(87)89)94(66)3)42-57(68)91-58-43-56-67(45-69(58)93(2)84-72-48-27-9-17-35-60(48)97-59-34-16-8-26-47(59)71(80(72)97)83(92)77(84)91)95(4)86-74-50-29-11-19-37-62(50)99-64-39-21-13-31-52(64)76(82(74)99)88-79(86)90(56)54-33-15-23-41-70(54)100-88/h5-45H,1-4H3. The smallest absolute Gasteiger partial charge is 0.256 e. The van der Waals surface area contributed by atoms with E-state index in [1.807, 2.05) is 0 Å². The lowest BCUT2D eigenvalue weighted by Crippen LogP contribution is -2.66. The van der Waals surface area contributed by atoms with E-state index >= 15 is 0 Å². The van der Waals surface area contributed by atoms with E-state index in [4.69, 9.17) is 4.74 Å². The second-order valence-corrected chi connectivity index (χ2v) is 29.1. The van der Waals surface area contributed by atoms with Gasteiger partial charge in [0, 0.05) is 144 Å². The lowest BCUT2D eigenvalue weighted by Gasteiger charge is -2.47. The molecule has 0 atom stereocenters. The van der Waals surface area contributed by atoms with Gasteiger partial charge in [-0.05, 0) is 122 Å². The van der Waals surface area contributed by atoms with Gasteiger partial charge in [0.1, 0.15) is 11.5 Å². The molecule has 12 heteroatoms. The van der Waals surface area contributed by atoms with Crippen LogP contribution >= 0.6 is 0 Å². The number of hydrogen-bond acceptors (Lipinski definition) is 6. The van der Waals surface area contributed by atoms with Crippen molar-refractivity contribution in [2.24, 2.45) is 0 Å². The zero-order chi connectivity index (χ0) is 64.9. The second kappa shape index (κ2) is 17.2. The summed E-state index contributed by atoms with van der Waals surface area (Å²) < 4.78 is 15.2. The highest BCUT2D eigenvalue weighted by Crippen LogP contribution is 2.57. The van der Waals surface area contributed by atoms with Gasteiger partial charge < -0.3 is 42.4 Å². The number of nitrogens with zero attached hydrogens (tertiary/aromatic N) is 8. The number of rotatable bonds is 1. The fourth-order valence-electron chi connectivity index (χ4n) is 21.4. The van der Waals surface area contributed by atoms with Crippen LogP contribution in [0.3, 0.4) is 0 Å². The lowest BCUT2D eigenvalue weighted by atomic mass is 9.29. The molecule has 14 aromatic carbocycles. The minimum atomic E-state index is -0.199. The van der Waals surface area contributed by atoms with Crippen molar-refractivity contribution in [1.29, 1.82) is 0 Å². The van der Waals surface area contributed by atoms with Gasteiger partial charge in [-0.1, -0.05) is 176 Å². The molecule has 0 N–H and O–H groups in total. The highest BCUT2D eigenvalue weighted by atomic mass is 16.5. The Morgan fingerprint density at radius 3 is 1.03 bits per heavy atom. The van der Waals surface area contributed by atoms with Crippen LogP contribution in [0.25, 0.3) is 114 Å². The van der Waals surface area contributed by atoms with Crippen LogP contribution in [0, 0.1) is 0 Å². The van der Waals surface area contributed by atoms with Crippen LogP contribution in [0.15, 0.2) is 249 Å². The maximum Gasteiger partial charge on any atom is 0.256 e. The van der Waals surface area contributed by atoms with E-state index in [2.05, 4.69) is 315 Å². The predicted molar refractivity (Wildman–Crippen MR) is 424 cm³/mol. The SMILES string of the molecule is CN1c2cc3c(cc2B2c4ccccc4Oc4c2c1c1c2ccccc2n2c5ccccc5c4c12)B1c2cc4c(cc2N(C)c2c1c(c1c5ccccc5n5c6ccccc6c2c15)N3C)N(C)c1c2c(c3c5ccccc5n5c6ccccc6c1c35)N(c1ccccc1)c1ccccc1B42. The number of fused-ring (bicyclic) bond motifs is 36. The molecule has 6 aromatic heterocycles. The first-order valence-electron chi connectivity index (χ1n) is 35.1. The fourth-order valence-corrected chi connectivity index (χ4v) is 21.4. The summed E-state index contributed by atoms with van der Waals surface area (Å²) >= 11 is 0. The van der Waals surface area contributed by atoms with Gasteiger partial charge in [-0.25, -0.2) is 0 Å². The zero-order valence-corrected chi connectivity index (χ0v) is 54.9. The van der Waals surface area contributed by atoms with Gasteiger partial charge in [0.05, 0.1) is 60.7 Å². The summed E-state index contributed by atoms with van der Waals surface area (Å²) in [6.07, 6.45) is 0. The molecule has 0 saturated heterocycles. The molecule has 0 fully saturated rings. The molecule has 20 aromatic rings. The molecule has 100 heavy (non-hydrogen) atoms. The van der Waals surface area contributed by atoms with Crippen molar-refractivity contribution in [3.05, 3.63) is 249 Å². The number of ether oxygens (including phenoxy) is 1. The number of anilines is 11. The highest BCUT2D eigenvalue weighted by Gasteiger charge is 2.52. The Morgan fingerprint density at radius 1 is 0.260 bits per heavy atom. The van der Waals surface area contributed by atoms with Crippen LogP contribution in [0.4, 0.5) is 62.6 Å². The van der Waals surface area contributed by atoms with Crippen LogP contribution in [-0.4, -0.2) is 61.5 Å². The predicted octanol–water partition coefficient (Wildman–Crippen LogP) is 14.9. The van der Waals surface area contributed by atoms with E-state index in [0.717, 1.165) is 17.2 Å². The van der Waals surface area contributed by atoms with Crippen molar-refractivity contribution < 1.29 is 4.74 Å². The molecule has 0 spiro atoms. The monoisotopic (exact) mass is 1270 g/mol. The molecule has 0 bridgehead atoms. The first kappa shape index (κ1) is 51.7. The Kier molecular flexibility index (Phi) is 8.91. The van der Waals surface area contributed by atoms with Crippen LogP contribution in [-0.2, 0) is 0 Å². The minimum Gasteiger partial charge on any atom is -0.458 e. The van der Waals surface area contributed by atoms with E-state index in [1.165, 1.54) is 220 Å². The summed E-state index contributed by atoms with van der Waals surface area (Å²) in [7, 11) is 9.45. The molecule has 6 aliphatic rings. The first-order chi connectivity index (χ1) is 49.4. The Hall–Kier alpha value is -12.5. The second-order valence-electron chi connectivity index (χ2n) is 29.1. The van der Waals surface area contributed by atoms with Crippen molar-refractivity contribution in [3.63, 3.8) is 0 Å². The molecular weight excluding hydrogens is 1220 g/mol. The van der Waals surface area contributed by atoms with Crippen molar-refractivity contribution in [2.45, 2.75) is 0 Å². The van der Waals surface area contributed by atoms with Gasteiger partial charge in [0.2, 0.25) is 0 Å². The van der Waals surface area contributed by atoms with E-state index in [-0.39, 0.29) is 20.1 Å². The molecule has 0 unspecified atom stereocenters. The minimum absolute atomic E-state index is 0.134. The van der Waals surface area contributed by atoms with Gasteiger partial charge in [0.15, 0.2) is 0 Å². The van der Waals surface area contributed by atoms with Crippen LogP contribution in [0.5, 0.6) is 11.5 Å². The zero-order valence-electron chi connectivity index (χ0n) is 54.9. The van der Waals surface area contributed by atoms with Crippen LogP contribution in [0.1, 0.15) is 0 Å². The van der Waals surface area contributed by atoms with Crippen molar-refractivity contribution in [2.75, 3.05) is 52.7 Å². The van der Waals surface area contributed by atoms with Crippen LogP contribution in [0.2, 0.25) is 0 Å². The van der Waals surface area contributed by atoms with Gasteiger partial charge in [0.25, 0.3) is 20.1 Å². The number of aromatic nitrogens is 3. The summed E-state index contributed by atoms with van der Waals surface area (Å²) in [6.45, 7) is -0.478. The molecule has 0 radical (unpaired) electrons. The molecule has 460 valence electrons. The molecular formula is C88H53B3N8O. The van der Waals surface area contributed by atoms with Gasteiger partial charge in [-0.15, -0.1) is 0 Å². The molecule has 0 amide bonds. The lowest BCUT2D eigenvalue weighted by molar-refractivity contribution is 0.493. The molecule has 0 saturated carbocycles. The largest absolute Gasteiger partial charge is 0.458 e. The topological polar surface area (TPSA) is 38.7 Å². The third-order valence-corrected chi connectivity index (χ3v) is 24.9. The average Bonchev–Trinajstić information content (AvgIpc) is 1.39. The summed E-state index contributed by atoms with van der Waals surface area (Å²) in [5.74, 6) is 1.87. The number of benzene rings is 14. The van der Waals surface area contributed by atoms with Gasteiger partial charge in [-0.3, -0.25) is 0 Å². The van der Waals surface area contributed by atoms with Crippen LogP contribution < -0.4 is 78.4 Å². The highest BCUT2D eigenvalue weighted by molar-refractivity contribution is 7.05. The third-order valence-electron chi connectivity index (χ3n) is 24.9.